The average Bonchev–Trinajstić information content (AvgIpc) is 3.06. The first-order valence-corrected chi connectivity index (χ1v) is 9.63. The van der Waals surface area contributed by atoms with Crippen LogP contribution in [0.1, 0.15) is 10.4 Å². The van der Waals surface area contributed by atoms with E-state index in [4.69, 9.17) is 0 Å². The van der Waals surface area contributed by atoms with Crippen molar-refractivity contribution in [2.45, 2.75) is 0 Å². The number of fused-ring (bicyclic) bond motifs is 1. The molecule has 26 heavy (non-hydrogen) atoms. The minimum Gasteiger partial charge on any atom is -0.360 e. The van der Waals surface area contributed by atoms with Crippen LogP contribution in [0.5, 0.6) is 0 Å². The fourth-order valence-electron chi connectivity index (χ4n) is 2.27. The van der Waals surface area contributed by atoms with Gasteiger partial charge in [-0.2, -0.15) is 0 Å². The number of amides is 2. The number of anilines is 1. The number of nitrogens with zero attached hydrogens (tertiary/aromatic N) is 1. The number of hydrogen-bond donors (Lipinski definition) is 3. The van der Waals surface area contributed by atoms with Crippen molar-refractivity contribution in [1.29, 1.82) is 0 Å². The Hall–Kier alpha value is -2.45. The molecule has 3 N–H and O–H groups in total. The second-order valence-electron chi connectivity index (χ2n) is 5.46. The molecule has 0 bridgehead atoms. The van der Waals surface area contributed by atoms with E-state index in [1.54, 1.807) is 29.5 Å². The predicted octanol–water partition coefficient (Wildman–Crippen LogP) is 3.02. The number of nitrogens with one attached hydrogen (secondary N) is 3. The van der Waals surface area contributed by atoms with Crippen LogP contribution in [0.3, 0.4) is 0 Å². The van der Waals surface area contributed by atoms with Crippen LogP contribution in [-0.4, -0.2) is 36.4 Å². The average molecular weight is 433 g/mol. The molecular formula is C18H17BrN4O2S. The van der Waals surface area contributed by atoms with Gasteiger partial charge in [-0.05, 0) is 30.3 Å². The Kier molecular flexibility index (Phi) is 6.19. The molecule has 0 aliphatic heterocycles. The topological polar surface area (TPSA) is 83.1 Å². The van der Waals surface area contributed by atoms with Gasteiger partial charge in [0.2, 0.25) is 5.91 Å². The number of carbonyl (C=O) groups is 2. The molecule has 6 nitrogen and oxygen atoms in total. The van der Waals surface area contributed by atoms with E-state index in [1.807, 2.05) is 30.3 Å². The second kappa shape index (κ2) is 8.77. The molecule has 0 fully saturated rings. The molecule has 2 aromatic carbocycles. The summed E-state index contributed by atoms with van der Waals surface area (Å²) in [6.45, 7) is 0.944. The molecule has 0 aliphatic rings. The van der Waals surface area contributed by atoms with Crippen LogP contribution in [0.15, 0.2) is 53.0 Å². The van der Waals surface area contributed by atoms with Crippen molar-refractivity contribution in [2.75, 3.05) is 25.0 Å². The Morgan fingerprint density at radius 3 is 2.69 bits per heavy atom. The number of hydrogen-bond acceptors (Lipinski definition) is 5. The van der Waals surface area contributed by atoms with Gasteiger partial charge in [-0.3, -0.25) is 9.59 Å². The molecule has 0 spiro atoms. The summed E-state index contributed by atoms with van der Waals surface area (Å²) in [5, 5.41) is 9.37. The molecule has 0 aliphatic carbocycles. The van der Waals surface area contributed by atoms with Gasteiger partial charge in [0, 0.05) is 23.1 Å². The van der Waals surface area contributed by atoms with E-state index in [2.05, 4.69) is 36.9 Å². The first-order chi connectivity index (χ1) is 12.6. The lowest BCUT2D eigenvalue weighted by molar-refractivity contribution is -0.120. The summed E-state index contributed by atoms with van der Waals surface area (Å²) in [5.74, 6) is -0.520. The highest BCUT2D eigenvalue weighted by Gasteiger charge is 2.08. The highest BCUT2D eigenvalue weighted by molar-refractivity contribution is 9.10. The van der Waals surface area contributed by atoms with Gasteiger partial charge in [0.1, 0.15) is 0 Å². The zero-order chi connectivity index (χ0) is 18.4. The standard InChI is InChI=1S/C18H17BrN4O2S/c19-13-5-3-4-12(10-13)17(25)22-11-16(24)20-8-9-21-18-23-14-6-1-2-7-15(14)26-18/h1-7,10H,8-9,11H2,(H,20,24)(H,21,23)(H,22,25). The maximum atomic E-state index is 12.0. The zero-order valence-electron chi connectivity index (χ0n) is 13.8. The first-order valence-electron chi connectivity index (χ1n) is 8.02. The van der Waals surface area contributed by atoms with Crippen molar-refractivity contribution >= 4 is 54.4 Å². The summed E-state index contributed by atoms with van der Waals surface area (Å²) < 4.78 is 1.94. The maximum Gasteiger partial charge on any atom is 0.251 e. The zero-order valence-corrected chi connectivity index (χ0v) is 16.2. The lowest BCUT2D eigenvalue weighted by Crippen LogP contribution is -2.38. The lowest BCUT2D eigenvalue weighted by Gasteiger charge is -2.07. The fraction of sp³-hybridized carbons (Fsp3) is 0.167. The molecule has 134 valence electrons. The van der Waals surface area contributed by atoms with Crippen molar-refractivity contribution in [3.05, 3.63) is 58.6 Å². The minimum absolute atomic E-state index is 0.0630. The third-order valence-corrected chi connectivity index (χ3v) is 5.00. The molecule has 0 saturated carbocycles. The Morgan fingerprint density at radius 1 is 1.04 bits per heavy atom. The van der Waals surface area contributed by atoms with Gasteiger partial charge in [0.05, 0.1) is 16.8 Å². The molecular weight excluding hydrogens is 416 g/mol. The molecule has 1 heterocycles. The van der Waals surface area contributed by atoms with Crippen molar-refractivity contribution in [2.24, 2.45) is 0 Å². The molecule has 3 rings (SSSR count). The Balaban J connectivity index is 1.37. The van der Waals surface area contributed by atoms with Crippen LogP contribution in [0, 0.1) is 0 Å². The number of para-hydroxylation sites is 1. The Labute approximate surface area is 163 Å². The van der Waals surface area contributed by atoms with Gasteiger partial charge in [0.15, 0.2) is 5.13 Å². The van der Waals surface area contributed by atoms with Crippen molar-refractivity contribution in [3.63, 3.8) is 0 Å². The van der Waals surface area contributed by atoms with E-state index in [9.17, 15) is 9.59 Å². The molecule has 8 heteroatoms. The highest BCUT2D eigenvalue weighted by Crippen LogP contribution is 2.24. The molecule has 0 radical (unpaired) electrons. The number of halogens is 1. The summed E-state index contributed by atoms with van der Waals surface area (Å²) in [6.07, 6.45) is 0. The third-order valence-electron chi connectivity index (χ3n) is 3.51. The monoisotopic (exact) mass is 432 g/mol. The summed E-state index contributed by atoms with van der Waals surface area (Å²) in [4.78, 5) is 28.3. The number of benzene rings is 2. The van der Waals surface area contributed by atoms with Gasteiger partial charge in [-0.15, -0.1) is 0 Å². The van der Waals surface area contributed by atoms with E-state index in [0.717, 1.165) is 19.8 Å². The molecule has 0 saturated heterocycles. The van der Waals surface area contributed by atoms with Crippen LogP contribution in [0.2, 0.25) is 0 Å². The van der Waals surface area contributed by atoms with E-state index in [0.29, 0.717) is 18.7 Å². The van der Waals surface area contributed by atoms with Crippen molar-refractivity contribution in [1.82, 2.24) is 15.6 Å². The Bertz CT molecular complexity index is 895. The number of rotatable bonds is 7. The number of carbonyl (C=O) groups excluding carboxylic acids is 2. The van der Waals surface area contributed by atoms with Gasteiger partial charge in [-0.1, -0.05) is 45.5 Å². The van der Waals surface area contributed by atoms with Gasteiger partial charge < -0.3 is 16.0 Å². The molecule has 0 unspecified atom stereocenters. The fourth-order valence-corrected chi connectivity index (χ4v) is 3.56. The maximum absolute atomic E-state index is 12.0. The van der Waals surface area contributed by atoms with Gasteiger partial charge >= 0.3 is 0 Å². The number of aromatic nitrogens is 1. The lowest BCUT2D eigenvalue weighted by atomic mass is 10.2. The second-order valence-corrected chi connectivity index (χ2v) is 7.40. The summed E-state index contributed by atoms with van der Waals surface area (Å²) in [5.41, 5.74) is 1.46. The summed E-state index contributed by atoms with van der Waals surface area (Å²) in [6, 6.07) is 14.9. The Morgan fingerprint density at radius 2 is 1.88 bits per heavy atom. The molecule has 1 aromatic heterocycles. The summed E-state index contributed by atoms with van der Waals surface area (Å²) >= 11 is 4.89. The molecule has 2 amide bonds. The normalized spacial score (nSPS) is 10.5. The SMILES string of the molecule is O=C(CNC(=O)c1cccc(Br)c1)NCCNc1nc2ccccc2s1. The third kappa shape index (κ3) is 5.03. The van der Waals surface area contributed by atoms with Crippen LogP contribution in [0.25, 0.3) is 10.2 Å². The van der Waals surface area contributed by atoms with Gasteiger partial charge in [0.25, 0.3) is 5.91 Å². The quantitative estimate of drug-likeness (QED) is 0.501. The van der Waals surface area contributed by atoms with Crippen molar-refractivity contribution < 1.29 is 9.59 Å². The summed E-state index contributed by atoms with van der Waals surface area (Å²) in [7, 11) is 0. The predicted molar refractivity (Wildman–Crippen MR) is 108 cm³/mol. The minimum atomic E-state index is -0.283. The van der Waals surface area contributed by atoms with Crippen LogP contribution >= 0.6 is 27.3 Å². The highest BCUT2D eigenvalue weighted by atomic mass is 79.9. The smallest absolute Gasteiger partial charge is 0.251 e. The van der Waals surface area contributed by atoms with Crippen molar-refractivity contribution in [3.8, 4) is 0 Å². The van der Waals surface area contributed by atoms with Crippen LogP contribution in [0.4, 0.5) is 5.13 Å². The van der Waals surface area contributed by atoms with E-state index < -0.39 is 0 Å². The van der Waals surface area contributed by atoms with E-state index >= 15 is 0 Å². The molecule has 3 aromatic rings. The molecule has 0 atom stereocenters. The van der Waals surface area contributed by atoms with E-state index in [1.165, 1.54) is 0 Å². The largest absolute Gasteiger partial charge is 0.360 e. The van der Waals surface area contributed by atoms with Gasteiger partial charge in [-0.25, -0.2) is 4.98 Å². The first kappa shape index (κ1) is 18.3. The van der Waals surface area contributed by atoms with E-state index in [-0.39, 0.29) is 18.4 Å². The number of thiazole rings is 1. The van der Waals surface area contributed by atoms with Crippen LogP contribution < -0.4 is 16.0 Å². The van der Waals surface area contributed by atoms with Crippen LogP contribution in [-0.2, 0) is 4.79 Å².